The Balaban J connectivity index is 1.94. The lowest BCUT2D eigenvalue weighted by Gasteiger charge is -2.17. The van der Waals surface area contributed by atoms with E-state index < -0.39 is 11.9 Å². The molecule has 118 valence electrons. The number of ether oxygens (including phenoxy) is 1. The Bertz CT molecular complexity index is 585. The largest absolute Gasteiger partial charge is 0.465 e. The van der Waals surface area contributed by atoms with Crippen LogP contribution in [-0.4, -0.2) is 37.5 Å². The van der Waals surface area contributed by atoms with E-state index in [2.05, 4.69) is 5.32 Å². The van der Waals surface area contributed by atoms with Crippen LogP contribution in [-0.2, 0) is 19.1 Å². The minimum absolute atomic E-state index is 0.0816. The van der Waals surface area contributed by atoms with Gasteiger partial charge in [0.1, 0.15) is 6.54 Å². The summed E-state index contributed by atoms with van der Waals surface area (Å²) in [4.78, 5) is 37.0. The van der Waals surface area contributed by atoms with E-state index in [4.69, 9.17) is 4.74 Å². The summed E-state index contributed by atoms with van der Waals surface area (Å²) in [6.07, 6.45) is 0.155. The summed E-state index contributed by atoms with van der Waals surface area (Å²) in [5.74, 6) is -1.29. The van der Waals surface area contributed by atoms with Crippen molar-refractivity contribution < 1.29 is 19.1 Å². The molecule has 6 heteroatoms. The fraction of sp³-hybridized carbons (Fsp3) is 0.438. The zero-order chi connectivity index (χ0) is 16.1. The quantitative estimate of drug-likeness (QED) is 0.824. The van der Waals surface area contributed by atoms with Crippen LogP contribution in [0.4, 0.5) is 5.69 Å². The van der Waals surface area contributed by atoms with E-state index >= 15 is 0 Å². The SMILES string of the molecule is CCOC(=O)CNC(=O)C1CC(=O)N(c2cccc(C)c2)C1. The molecule has 1 aromatic rings. The van der Waals surface area contributed by atoms with Gasteiger partial charge in [0.05, 0.1) is 12.5 Å². The van der Waals surface area contributed by atoms with Crippen molar-refractivity contribution in [2.24, 2.45) is 5.92 Å². The molecule has 6 nitrogen and oxygen atoms in total. The van der Waals surface area contributed by atoms with E-state index in [-0.39, 0.29) is 31.4 Å². The van der Waals surface area contributed by atoms with Gasteiger partial charge in [-0.2, -0.15) is 0 Å². The highest BCUT2D eigenvalue weighted by Crippen LogP contribution is 2.25. The molecule has 1 N–H and O–H groups in total. The molecule has 1 atom stereocenters. The van der Waals surface area contributed by atoms with E-state index in [1.807, 2.05) is 31.2 Å². The van der Waals surface area contributed by atoms with E-state index in [9.17, 15) is 14.4 Å². The molecule has 1 fully saturated rings. The maximum atomic E-state index is 12.1. The number of nitrogens with one attached hydrogen (secondary N) is 1. The Morgan fingerprint density at radius 1 is 1.41 bits per heavy atom. The third kappa shape index (κ3) is 3.84. The summed E-state index contributed by atoms with van der Waals surface area (Å²) in [7, 11) is 0. The van der Waals surface area contributed by atoms with Crippen molar-refractivity contribution in [1.82, 2.24) is 5.32 Å². The first-order valence-electron chi connectivity index (χ1n) is 7.31. The molecular formula is C16H20N2O4. The van der Waals surface area contributed by atoms with Gasteiger partial charge in [-0.05, 0) is 31.5 Å². The number of aryl methyl sites for hydroxylation is 1. The highest BCUT2D eigenvalue weighted by Gasteiger charge is 2.35. The van der Waals surface area contributed by atoms with Crippen LogP contribution < -0.4 is 10.2 Å². The molecule has 2 rings (SSSR count). The maximum absolute atomic E-state index is 12.1. The van der Waals surface area contributed by atoms with Gasteiger partial charge in [0.15, 0.2) is 0 Å². The van der Waals surface area contributed by atoms with Crippen molar-refractivity contribution in [1.29, 1.82) is 0 Å². The summed E-state index contributed by atoms with van der Waals surface area (Å²) in [6.45, 7) is 4.10. The standard InChI is InChI=1S/C16H20N2O4/c1-3-22-15(20)9-17-16(21)12-8-14(19)18(10-12)13-6-4-5-11(2)7-13/h4-7,12H,3,8-10H2,1-2H3,(H,17,21). The highest BCUT2D eigenvalue weighted by molar-refractivity contribution is 6.00. The van der Waals surface area contributed by atoms with Gasteiger partial charge in [0, 0.05) is 18.7 Å². The minimum atomic E-state index is -0.476. The van der Waals surface area contributed by atoms with E-state index in [0.717, 1.165) is 11.3 Å². The molecule has 22 heavy (non-hydrogen) atoms. The summed E-state index contributed by atoms with van der Waals surface area (Å²) < 4.78 is 4.75. The number of benzene rings is 1. The molecule has 1 saturated heterocycles. The second-order valence-corrected chi connectivity index (χ2v) is 5.27. The smallest absolute Gasteiger partial charge is 0.325 e. The maximum Gasteiger partial charge on any atom is 0.325 e. The summed E-state index contributed by atoms with van der Waals surface area (Å²) in [5, 5.41) is 2.52. The molecule has 0 bridgehead atoms. The van der Waals surface area contributed by atoms with Crippen molar-refractivity contribution in [3.05, 3.63) is 29.8 Å². The lowest BCUT2D eigenvalue weighted by molar-refractivity contribution is -0.143. The van der Waals surface area contributed by atoms with Gasteiger partial charge in [0.25, 0.3) is 0 Å². The number of carbonyl (C=O) groups is 3. The molecule has 0 aliphatic carbocycles. The van der Waals surface area contributed by atoms with E-state index in [0.29, 0.717) is 6.54 Å². The Morgan fingerprint density at radius 3 is 2.86 bits per heavy atom. The van der Waals surface area contributed by atoms with Gasteiger partial charge in [0.2, 0.25) is 11.8 Å². The molecule has 0 aromatic heterocycles. The molecular weight excluding hydrogens is 284 g/mol. The highest BCUT2D eigenvalue weighted by atomic mass is 16.5. The number of esters is 1. The molecule has 0 saturated carbocycles. The molecule has 1 aliphatic heterocycles. The third-order valence-electron chi connectivity index (χ3n) is 3.52. The van der Waals surface area contributed by atoms with Crippen LogP contribution in [0.1, 0.15) is 18.9 Å². The molecule has 1 aromatic carbocycles. The van der Waals surface area contributed by atoms with Crippen LogP contribution in [0.3, 0.4) is 0 Å². The van der Waals surface area contributed by atoms with Crippen LogP contribution in [0.5, 0.6) is 0 Å². The van der Waals surface area contributed by atoms with Crippen LogP contribution in [0.2, 0.25) is 0 Å². The fourth-order valence-electron chi connectivity index (χ4n) is 2.44. The zero-order valence-electron chi connectivity index (χ0n) is 12.8. The van der Waals surface area contributed by atoms with Crippen LogP contribution in [0.15, 0.2) is 24.3 Å². The number of hydrogen-bond acceptors (Lipinski definition) is 4. The topological polar surface area (TPSA) is 75.7 Å². The lowest BCUT2D eigenvalue weighted by atomic mass is 10.1. The second kappa shape index (κ2) is 7.06. The molecule has 0 spiro atoms. The molecule has 2 amide bonds. The monoisotopic (exact) mass is 304 g/mol. The number of anilines is 1. The van der Waals surface area contributed by atoms with Crippen molar-refractivity contribution in [2.75, 3.05) is 24.6 Å². The first-order chi connectivity index (χ1) is 10.5. The van der Waals surface area contributed by atoms with E-state index in [1.54, 1.807) is 11.8 Å². The number of rotatable bonds is 5. The summed E-state index contributed by atoms with van der Waals surface area (Å²) in [6, 6.07) is 7.60. The number of hydrogen-bond donors (Lipinski definition) is 1. The fourth-order valence-corrected chi connectivity index (χ4v) is 2.44. The normalized spacial score (nSPS) is 17.5. The summed E-state index contributed by atoms with van der Waals surface area (Å²) >= 11 is 0. The first-order valence-corrected chi connectivity index (χ1v) is 7.31. The summed E-state index contributed by atoms with van der Waals surface area (Å²) in [5.41, 5.74) is 1.85. The Hall–Kier alpha value is -2.37. The van der Waals surface area contributed by atoms with E-state index in [1.165, 1.54) is 0 Å². The minimum Gasteiger partial charge on any atom is -0.465 e. The third-order valence-corrected chi connectivity index (χ3v) is 3.52. The molecule has 1 unspecified atom stereocenters. The lowest BCUT2D eigenvalue weighted by Crippen LogP contribution is -2.36. The average Bonchev–Trinajstić information content (AvgIpc) is 2.87. The van der Waals surface area contributed by atoms with Crippen LogP contribution >= 0.6 is 0 Å². The van der Waals surface area contributed by atoms with Gasteiger partial charge in [-0.1, -0.05) is 12.1 Å². The van der Waals surface area contributed by atoms with Gasteiger partial charge >= 0.3 is 5.97 Å². The Kier molecular flexibility index (Phi) is 5.14. The molecule has 1 heterocycles. The zero-order valence-corrected chi connectivity index (χ0v) is 12.8. The Labute approximate surface area is 129 Å². The molecule has 0 radical (unpaired) electrons. The van der Waals surface area contributed by atoms with Gasteiger partial charge in [-0.15, -0.1) is 0 Å². The van der Waals surface area contributed by atoms with Crippen LogP contribution in [0.25, 0.3) is 0 Å². The van der Waals surface area contributed by atoms with Crippen molar-refractivity contribution >= 4 is 23.5 Å². The second-order valence-electron chi connectivity index (χ2n) is 5.27. The average molecular weight is 304 g/mol. The van der Waals surface area contributed by atoms with Gasteiger partial charge in [-0.25, -0.2) is 0 Å². The number of amides is 2. The van der Waals surface area contributed by atoms with Crippen molar-refractivity contribution in [2.45, 2.75) is 20.3 Å². The predicted octanol–water partition coefficient (Wildman–Crippen LogP) is 1.03. The van der Waals surface area contributed by atoms with Gasteiger partial charge < -0.3 is 15.0 Å². The predicted molar refractivity (Wildman–Crippen MR) is 81.3 cm³/mol. The van der Waals surface area contributed by atoms with Crippen LogP contribution in [0, 0.1) is 12.8 Å². The Morgan fingerprint density at radius 2 is 2.18 bits per heavy atom. The number of nitrogens with zero attached hydrogens (tertiary/aromatic N) is 1. The van der Waals surface area contributed by atoms with Gasteiger partial charge in [-0.3, -0.25) is 14.4 Å². The first kappa shape index (κ1) is 16.0. The number of carbonyl (C=O) groups excluding carboxylic acids is 3. The molecule has 1 aliphatic rings. The van der Waals surface area contributed by atoms with Crippen molar-refractivity contribution in [3.63, 3.8) is 0 Å². The van der Waals surface area contributed by atoms with Crippen molar-refractivity contribution in [3.8, 4) is 0 Å².